The fraction of sp³-hybridized carbons (Fsp3) is 0.333. The van der Waals surface area contributed by atoms with E-state index in [-0.39, 0.29) is 0 Å². The number of rotatable bonds is 5. The van der Waals surface area contributed by atoms with Crippen molar-refractivity contribution in [1.82, 2.24) is 0 Å². The third-order valence-electron chi connectivity index (χ3n) is 1.96. The molecular formula is C12H13O5. The van der Waals surface area contributed by atoms with Gasteiger partial charge in [0, 0.05) is 0 Å². The lowest BCUT2D eigenvalue weighted by Gasteiger charge is -2.17. The highest BCUT2D eigenvalue weighted by atomic mass is 16.8. The second kappa shape index (κ2) is 6.65. The summed E-state index contributed by atoms with van der Waals surface area (Å²) in [6.45, 7) is 1.50. The zero-order valence-electron chi connectivity index (χ0n) is 9.58. The third kappa shape index (κ3) is 4.24. The Kier molecular flexibility index (Phi) is 5.16. The summed E-state index contributed by atoms with van der Waals surface area (Å²) in [5.74, 6) is 0. The van der Waals surface area contributed by atoms with Gasteiger partial charge in [0.25, 0.3) is 0 Å². The number of hydrogen-bond donors (Lipinski definition) is 0. The molecule has 91 valence electrons. The summed E-state index contributed by atoms with van der Waals surface area (Å²) in [5, 5.41) is 0. The highest BCUT2D eigenvalue weighted by Crippen LogP contribution is 2.17. The minimum Gasteiger partial charge on any atom is -0.438 e. The van der Waals surface area contributed by atoms with Crippen LogP contribution in [0, 0.1) is 6.07 Å². The van der Waals surface area contributed by atoms with Gasteiger partial charge in [-0.15, -0.1) is 0 Å². The molecule has 5 nitrogen and oxygen atoms in total. The van der Waals surface area contributed by atoms with Gasteiger partial charge in [0.1, 0.15) is 6.10 Å². The van der Waals surface area contributed by atoms with E-state index < -0.39 is 18.5 Å². The van der Waals surface area contributed by atoms with Crippen LogP contribution >= 0.6 is 0 Å². The van der Waals surface area contributed by atoms with Gasteiger partial charge in [0.15, 0.2) is 6.29 Å². The molecule has 5 heteroatoms. The van der Waals surface area contributed by atoms with Gasteiger partial charge in [-0.1, -0.05) is 24.3 Å². The van der Waals surface area contributed by atoms with Gasteiger partial charge >= 0.3 is 6.16 Å². The third-order valence-corrected chi connectivity index (χ3v) is 1.96. The number of carbonyl (C=O) groups excluding carboxylic acids is 2. The highest BCUT2D eigenvalue weighted by Gasteiger charge is 2.17. The van der Waals surface area contributed by atoms with E-state index in [1.165, 1.54) is 14.0 Å². The van der Waals surface area contributed by atoms with E-state index in [2.05, 4.69) is 10.8 Å². The Bertz CT molecular complexity index is 362. The van der Waals surface area contributed by atoms with E-state index in [0.717, 1.165) is 0 Å². The topological polar surface area (TPSA) is 61.8 Å². The molecule has 1 rings (SSSR count). The fourth-order valence-electron chi connectivity index (χ4n) is 1.20. The number of hydrogen-bond acceptors (Lipinski definition) is 5. The first-order valence-corrected chi connectivity index (χ1v) is 4.98. The molecule has 17 heavy (non-hydrogen) atoms. The van der Waals surface area contributed by atoms with E-state index in [0.29, 0.717) is 11.8 Å². The van der Waals surface area contributed by atoms with Crippen molar-refractivity contribution in [2.75, 3.05) is 7.11 Å². The minimum atomic E-state index is -0.873. The molecule has 0 N–H and O–H groups in total. The predicted molar refractivity (Wildman–Crippen MR) is 58.1 cm³/mol. The van der Waals surface area contributed by atoms with Crippen molar-refractivity contribution in [1.29, 1.82) is 0 Å². The maximum atomic E-state index is 10.9. The van der Waals surface area contributed by atoms with Gasteiger partial charge in [-0.05, 0) is 18.6 Å². The van der Waals surface area contributed by atoms with Crippen LogP contribution in [0.2, 0.25) is 0 Å². The number of benzene rings is 1. The van der Waals surface area contributed by atoms with Crippen molar-refractivity contribution in [3.05, 3.63) is 35.9 Å². The van der Waals surface area contributed by atoms with Crippen molar-refractivity contribution in [2.45, 2.75) is 19.3 Å². The smallest absolute Gasteiger partial charge is 0.438 e. The molecule has 0 fully saturated rings. The molecule has 1 aromatic rings. The largest absolute Gasteiger partial charge is 0.510 e. The fourth-order valence-corrected chi connectivity index (χ4v) is 1.20. The first kappa shape index (κ1) is 13.2. The van der Waals surface area contributed by atoms with Crippen LogP contribution in [0.1, 0.15) is 18.6 Å². The van der Waals surface area contributed by atoms with Gasteiger partial charge < -0.3 is 19.0 Å². The van der Waals surface area contributed by atoms with E-state index in [4.69, 9.17) is 9.47 Å². The molecule has 1 radical (unpaired) electrons. The van der Waals surface area contributed by atoms with Crippen LogP contribution in [-0.2, 0) is 19.0 Å². The number of aldehydes is 1. The molecule has 0 spiro atoms. The lowest BCUT2D eigenvalue weighted by Crippen LogP contribution is -2.21. The summed E-state index contributed by atoms with van der Waals surface area (Å²) in [6.07, 6.45) is -1.89. The predicted octanol–water partition coefficient (Wildman–Crippen LogP) is 1.87. The molecule has 0 bridgehead atoms. The molecule has 0 saturated carbocycles. The number of carbonyl (C=O) groups is 2. The molecule has 1 aromatic carbocycles. The SMILES string of the molecule is COC(=O)OC(C)OC(C=O)c1cc[c]cc1. The van der Waals surface area contributed by atoms with Crippen LogP contribution in [0.15, 0.2) is 24.3 Å². The van der Waals surface area contributed by atoms with Crippen LogP contribution in [-0.4, -0.2) is 25.8 Å². The summed E-state index contributed by atoms with van der Waals surface area (Å²) in [7, 11) is 1.19. The molecule has 0 aliphatic carbocycles. The Hall–Kier alpha value is -1.88. The summed E-state index contributed by atoms with van der Waals surface area (Å²) in [6, 6.07) is 9.56. The Balaban J connectivity index is 2.58. The average Bonchev–Trinajstić information content (AvgIpc) is 2.36. The maximum Gasteiger partial charge on any atom is 0.510 e. The summed E-state index contributed by atoms with van der Waals surface area (Å²) < 4.78 is 14.3. The minimum absolute atomic E-state index is 0.631. The molecule has 0 amide bonds. The molecule has 2 atom stereocenters. The zero-order chi connectivity index (χ0) is 12.7. The van der Waals surface area contributed by atoms with Crippen LogP contribution in [0.5, 0.6) is 0 Å². The lowest BCUT2D eigenvalue weighted by atomic mass is 10.1. The number of methoxy groups -OCH3 is 1. The molecule has 2 unspecified atom stereocenters. The van der Waals surface area contributed by atoms with E-state index in [1.807, 2.05) is 0 Å². The van der Waals surface area contributed by atoms with E-state index in [9.17, 15) is 9.59 Å². The standard InChI is InChI=1S/C12H13O5/c1-9(17-12(14)15-2)16-11(8-13)10-6-4-3-5-7-10/h4-9,11H,1-2H3. The van der Waals surface area contributed by atoms with Gasteiger partial charge in [0.05, 0.1) is 7.11 Å². The van der Waals surface area contributed by atoms with E-state index >= 15 is 0 Å². The molecule has 0 aliphatic rings. The lowest BCUT2D eigenvalue weighted by molar-refractivity contribution is -0.151. The Morgan fingerprint density at radius 1 is 1.41 bits per heavy atom. The summed E-state index contributed by atoms with van der Waals surface area (Å²) in [4.78, 5) is 21.7. The Morgan fingerprint density at radius 2 is 2.06 bits per heavy atom. The van der Waals surface area contributed by atoms with Crippen molar-refractivity contribution >= 4 is 12.4 Å². The highest BCUT2D eigenvalue weighted by molar-refractivity contribution is 5.60. The molecule has 0 aromatic heterocycles. The van der Waals surface area contributed by atoms with Gasteiger partial charge in [0.2, 0.25) is 6.29 Å². The van der Waals surface area contributed by atoms with Crippen LogP contribution in [0.25, 0.3) is 0 Å². The van der Waals surface area contributed by atoms with Crippen molar-refractivity contribution < 1.29 is 23.8 Å². The first-order valence-electron chi connectivity index (χ1n) is 4.98. The van der Waals surface area contributed by atoms with Crippen molar-refractivity contribution in [2.24, 2.45) is 0 Å². The van der Waals surface area contributed by atoms with Crippen LogP contribution in [0.3, 0.4) is 0 Å². The molecule has 0 aliphatic heterocycles. The molecule has 0 saturated heterocycles. The molecular weight excluding hydrogens is 224 g/mol. The van der Waals surface area contributed by atoms with Gasteiger partial charge in [-0.3, -0.25) is 0 Å². The quantitative estimate of drug-likeness (QED) is 0.444. The second-order valence-electron chi connectivity index (χ2n) is 3.17. The van der Waals surface area contributed by atoms with Crippen molar-refractivity contribution in [3.8, 4) is 0 Å². The normalized spacial score (nSPS) is 13.5. The Morgan fingerprint density at radius 3 is 2.59 bits per heavy atom. The van der Waals surface area contributed by atoms with Crippen LogP contribution in [0.4, 0.5) is 4.79 Å². The summed E-state index contributed by atoms with van der Waals surface area (Å²) >= 11 is 0. The number of ether oxygens (including phenoxy) is 3. The van der Waals surface area contributed by atoms with E-state index in [1.54, 1.807) is 24.3 Å². The monoisotopic (exact) mass is 237 g/mol. The van der Waals surface area contributed by atoms with Crippen LogP contribution < -0.4 is 0 Å². The Labute approximate surface area is 99.3 Å². The maximum absolute atomic E-state index is 10.9. The zero-order valence-corrected chi connectivity index (χ0v) is 9.58. The second-order valence-corrected chi connectivity index (χ2v) is 3.17. The van der Waals surface area contributed by atoms with Crippen molar-refractivity contribution in [3.63, 3.8) is 0 Å². The van der Waals surface area contributed by atoms with Gasteiger partial charge in [-0.25, -0.2) is 4.79 Å². The van der Waals surface area contributed by atoms with Gasteiger partial charge in [-0.2, -0.15) is 0 Å². The summed E-state index contributed by atoms with van der Waals surface area (Å²) in [5.41, 5.74) is 0.666. The molecule has 0 heterocycles. The first-order chi connectivity index (χ1) is 8.17. The average molecular weight is 237 g/mol.